The molecule has 2 aliphatic rings. The van der Waals surface area contributed by atoms with E-state index in [-0.39, 0.29) is 11.4 Å². The van der Waals surface area contributed by atoms with Crippen LogP contribution in [0.25, 0.3) is 0 Å². The Balaban J connectivity index is 1.92. The maximum atomic E-state index is 13.0. The van der Waals surface area contributed by atoms with Gasteiger partial charge in [-0.05, 0) is 19.2 Å². The predicted octanol–water partition coefficient (Wildman–Crippen LogP) is -0.166. The standard InChI is InChI=1S/C18H21N5O4/c1-21-8-10-23(11-9-21)17(25)14(12-15-18(26)27-20-22(15)2)19-16(24)13-6-4-3-5-7-13/h3-7,12,20H,8-11H2,1-2H3/b15-12+,19-14?. The first-order valence-corrected chi connectivity index (χ1v) is 8.54. The van der Waals surface area contributed by atoms with Crippen molar-refractivity contribution in [3.05, 3.63) is 47.7 Å². The monoisotopic (exact) mass is 371 g/mol. The molecule has 0 spiro atoms. The lowest BCUT2D eigenvalue weighted by Gasteiger charge is -2.32. The highest BCUT2D eigenvalue weighted by Gasteiger charge is 2.29. The number of amides is 2. The minimum atomic E-state index is -0.650. The van der Waals surface area contributed by atoms with Crippen LogP contribution in [0.4, 0.5) is 0 Å². The Morgan fingerprint density at radius 2 is 1.78 bits per heavy atom. The molecule has 2 saturated heterocycles. The van der Waals surface area contributed by atoms with Gasteiger partial charge >= 0.3 is 5.97 Å². The lowest BCUT2D eigenvalue weighted by atomic mass is 10.2. The second-order valence-electron chi connectivity index (χ2n) is 6.33. The normalized spacial score (nSPS) is 20.1. The van der Waals surface area contributed by atoms with Crippen molar-refractivity contribution in [2.45, 2.75) is 0 Å². The van der Waals surface area contributed by atoms with E-state index in [4.69, 9.17) is 4.84 Å². The summed E-state index contributed by atoms with van der Waals surface area (Å²) in [7, 11) is 3.54. The summed E-state index contributed by atoms with van der Waals surface area (Å²) in [5.41, 5.74) is 2.73. The van der Waals surface area contributed by atoms with E-state index in [1.165, 1.54) is 11.1 Å². The Bertz CT molecular complexity index is 797. The fourth-order valence-electron chi connectivity index (χ4n) is 2.70. The highest BCUT2D eigenvalue weighted by molar-refractivity contribution is 6.45. The fourth-order valence-corrected chi connectivity index (χ4v) is 2.70. The number of rotatable bonds is 3. The van der Waals surface area contributed by atoms with Crippen LogP contribution in [0.1, 0.15) is 10.4 Å². The molecule has 0 atom stereocenters. The minimum absolute atomic E-state index is 0.0945. The molecule has 2 aliphatic heterocycles. The van der Waals surface area contributed by atoms with Crippen LogP contribution < -0.4 is 5.59 Å². The summed E-state index contributed by atoms with van der Waals surface area (Å²) in [5, 5.41) is 1.32. The van der Waals surface area contributed by atoms with Gasteiger partial charge < -0.3 is 14.6 Å². The highest BCUT2D eigenvalue weighted by Crippen LogP contribution is 2.11. The summed E-state index contributed by atoms with van der Waals surface area (Å²) in [6.07, 6.45) is 1.28. The molecule has 0 bridgehead atoms. The van der Waals surface area contributed by atoms with Gasteiger partial charge in [-0.3, -0.25) is 14.6 Å². The first-order chi connectivity index (χ1) is 13.0. The lowest BCUT2D eigenvalue weighted by molar-refractivity contribution is -0.142. The molecule has 142 valence electrons. The summed E-state index contributed by atoms with van der Waals surface area (Å²) in [6, 6.07) is 8.46. The first kappa shape index (κ1) is 18.7. The van der Waals surface area contributed by atoms with Crippen LogP contribution >= 0.6 is 0 Å². The third-order valence-electron chi connectivity index (χ3n) is 4.37. The van der Waals surface area contributed by atoms with Crippen LogP contribution in [0.3, 0.4) is 0 Å². The van der Waals surface area contributed by atoms with Crippen molar-refractivity contribution in [3.8, 4) is 0 Å². The number of hydrazine groups is 1. The van der Waals surface area contributed by atoms with Crippen LogP contribution in [0, 0.1) is 0 Å². The molecule has 2 heterocycles. The molecule has 0 radical (unpaired) electrons. The van der Waals surface area contributed by atoms with Gasteiger partial charge in [0.1, 0.15) is 11.4 Å². The molecule has 1 N–H and O–H groups in total. The SMILES string of the molecule is CN1CCN(C(=O)C(/C=C2\C(=O)ONN2C)=NC(=O)c2ccccc2)CC1. The lowest BCUT2D eigenvalue weighted by Crippen LogP contribution is -2.49. The molecule has 3 rings (SSSR count). The van der Waals surface area contributed by atoms with Gasteiger partial charge in [-0.25, -0.2) is 9.79 Å². The second kappa shape index (κ2) is 8.11. The number of hydrogen-bond donors (Lipinski definition) is 1. The Morgan fingerprint density at radius 3 is 2.37 bits per heavy atom. The summed E-state index contributed by atoms with van der Waals surface area (Å²) >= 11 is 0. The number of carbonyl (C=O) groups excluding carboxylic acids is 3. The Labute approximate surface area is 156 Å². The molecular formula is C18H21N5O4. The maximum absolute atomic E-state index is 13.0. The number of nitrogens with one attached hydrogen (secondary N) is 1. The Morgan fingerprint density at radius 1 is 1.11 bits per heavy atom. The Hall–Kier alpha value is -3.04. The van der Waals surface area contributed by atoms with Crippen LogP contribution in [-0.4, -0.2) is 78.6 Å². The number of carbonyl (C=O) groups is 3. The number of aliphatic imine (C=N–C) groups is 1. The van der Waals surface area contributed by atoms with Crippen molar-refractivity contribution >= 4 is 23.5 Å². The van der Waals surface area contributed by atoms with E-state index in [0.29, 0.717) is 18.7 Å². The van der Waals surface area contributed by atoms with Gasteiger partial charge in [0.2, 0.25) is 0 Å². The van der Waals surface area contributed by atoms with E-state index in [1.54, 1.807) is 42.3 Å². The van der Waals surface area contributed by atoms with Crippen LogP contribution in [0.5, 0.6) is 0 Å². The molecule has 1 aromatic carbocycles. The van der Waals surface area contributed by atoms with Crippen molar-refractivity contribution in [1.82, 2.24) is 20.4 Å². The predicted molar refractivity (Wildman–Crippen MR) is 97.4 cm³/mol. The zero-order valence-corrected chi connectivity index (χ0v) is 15.2. The van der Waals surface area contributed by atoms with Crippen LogP contribution in [0.15, 0.2) is 47.1 Å². The number of hydrogen-bond acceptors (Lipinski definition) is 7. The summed E-state index contributed by atoms with van der Waals surface area (Å²) in [6.45, 7) is 2.50. The van der Waals surface area contributed by atoms with Gasteiger partial charge in [-0.2, -0.15) is 0 Å². The number of likely N-dealkylation sites (N-methyl/N-ethyl adjacent to an activating group) is 2. The second-order valence-corrected chi connectivity index (χ2v) is 6.33. The molecule has 1 aromatic rings. The van der Waals surface area contributed by atoms with E-state index >= 15 is 0 Å². The van der Waals surface area contributed by atoms with E-state index in [9.17, 15) is 14.4 Å². The molecule has 0 saturated carbocycles. The van der Waals surface area contributed by atoms with Crippen molar-refractivity contribution in [1.29, 1.82) is 0 Å². The van der Waals surface area contributed by atoms with Gasteiger partial charge in [0.25, 0.3) is 11.8 Å². The minimum Gasteiger partial charge on any atom is -0.345 e. The summed E-state index contributed by atoms with van der Waals surface area (Å²) in [4.78, 5) is 49.8. The molecule has 0 unspecified atom stereocenters. The fraction of sp³-hybridized carbons (Fsp3) is 0.333. The average molecular weight is 371 g/mol. The average Bonchev–Trinajstić information content (AvgIpc) is 3.00. The third-order valence-corrected chi connectivity index (χ3v) is 4.37. The van der Waals surface area contributed by atoms with Gasteiger partial charge in [0.05, 0.1) is 0 Å². The third kappa shape index (κ3) is 4.39. The van der Waals surface area contributed by atoms with Crippen molar-refractivity contribution in [3.63, 3.8) is 0 Å². The smallest absolute Gasteiger partial charge is 0.345 e. The molecule has 9 nitrogen and oxygen atoms in total. The maximum Gasteiger partial charge on any atom is 0.376 e. The van der Waals surface area contributed by atoms with Gasteiger partial charge in [0, 0.05) is 44.9 Å². The summed E-state index contributed by atoms with van der Waals surface area (Å²) < 4.78 is 0. The molecule has 2 amide bonds. The van der Waals surface area contributed by atoms with E-state index in [2.05, 4.69) is 15.5 Å². The number of benzene rings is 1. The van der Waals surface area contributed by atoms with E-state index in [1.807, 2.05) is 7.05 Å². The van der Waals surface area contributed by atoms with E-state index in [0.717, 1.165) is 13.1 Å². The zero-order chi connectivity index (χ0) is 19.4. The molecule has 27 heavy (non-hydrogen) atoms. The van der Waals surface area contributed by atoms with Crippen molar-refractivity contribution in [2.75, 3.05) is 40.3 Å². The largest absolute Gasteiger partial charge is 0.376 e. The topological polar surface area (TPSA) is 94.6 Å². The first-order valence-electron chi connectivity index (χ1n) is 8.54. The highest BCUT2D eigenvalue weighted by atomic mass is 16.7. The zero-order valence-electron chi connectivity index (χ0n) is 15.2. The van der Waals surface area contributed by atoms with Crippen LogP contribution in [0.2, 0.25) is 0 Å². The molecular weight excluding hydrogens is 350 g/mol. The van der Waals surface area contributed by atoms with Gasteiger partial charge in [-0.1, -0.05) is 23.8 Å². The molecule has 2 fully saturated rings. The van der Waals surface area contributed by atoms with Crippen molar-refractivity contribution in [2.24, 2.45) is 4.99 Å². The molecule has 9 heteroatoms. The van der Waals surface area contributed by atoms with Gasteiger partial charge in [-0.15, -0.1) is 0 Å². The Kier molecular flexibility index (Phi) is 5.63. The van der Waals surface area contributed by atoms with E-state index < -0.39 is 17.8 Å². The van der Waals surface area contributed by atoms with Crippen molar-refractivity contribution < 1.29 is 19.2 Å². The molecule has 0 aromatic heterocycles. The van der Waals surface area contributed by atoms with Crippen LogP contribution in [-0.2, 0) is 14.4 Å². The molecule has 0 aliphatic carbocycles. The number of nitrogens with zero attached hydrogens (tertiary/aromatic N) is 4. The number of piperazine rings is 1. The summed E-state index contributed by atoms with van der Waals surface area (Å²) in [5.74, 6) is -1.59. The van der Waals surface area contributed by atoms with Gasteiger partial charge in [0.15, 0.2) is 0 Å². The quantitative estimate of drug-likeness (QED) is 0.582.